The zero-order valence-corrected chi connectivity index (χ0v) is 8.48. The predicted molar refractivity (Wildman–Crippen MR) is 55.0 cm³/mol. The fourth-order valence-electron chi connectivity index (χ4n) is 2.19. The Morgan fingerprint density at radius 3 is 2.93 bits per heavy atom. The molecule has 3 nitrogen and oxygen atoms in total. The van der Waals surface area contributed by atoms with E-state index in [4.69, 9.17) is 9.47 Å². The lowest BCUT2D eigenvalue weighted by Gasteiger charge is -2.28. The first kappa shape index (κ1) is 9.19. The Morgan fingerprint density at radius 1 is 1.33 bits per heavy atom. The van der Waals surface area contributed by atoms with Crippen LogP contribution in [-0.2, 0) is 11.2 Å². The summed E-state index contributed by atoms with van der Waals surface area (Å²) in [5, 5.41) is 9.85. The molecule has 1 aliphatic carbocycles. The fraction of sp³-hybridized carbons (Fsp3) is 0.500. The summed E-state index contributed by atoms with van der Waals surface area (Å²) in [5.41, 5.74) is 2.21. The first-order chi connectivity index (χ1) is 7.34. The van der Waals surface area contributed by atoms with Gasteiger partial charge in [-0.2, -0.15) is 0 Å². The van der Waals surface area contributed by atoms with Crippen molar-refractivity contribution in [1.29, 1.82) is 0 Å². The maximum absolute atomic E-state index is 9.85. The number of aliphatic hydroxyl groups is 1. The van der Waals surface area contributed by atoms with Crippen molar-refractivity contribution >= 4 is 0 Å². The van der Waals surface area contributed by atoms with Crippen molar-refractivity contribution in [2.75, 3.05) is 13.2 Å². The van der Waals surface area contributed by atoms with Crippen molar-refractivity contribution in [2.24, 2.45) is 0 Å². The number of hydrogen-bond acceptors (Lipinski definition) is 3. The SMILES string of the molecule is OC1CCc2cccc(OC3COC3)c21. The smallest absolute Gasteiger partial charge is 0.145 e. The van der Waals surface area contributed by atoms with Crippen molar-refractivity contribution < 1.29 is 14.6 Å². The Labute approximate surface area is 88.6 Å². The molecular formula is C12H14O3. The highest BCUT2D eigenvalue weighted by atomic mass is 16.6. The third kappa shape index (κ3) is 1.52. The monoisotopic (exact) mass is 206 g/mol. The van der Waals surface area contributed by atoms with Crippen molar-refractivity contribution in [3.63, 3.8) is 0 Å². The lowest BCUT2D eigenvalue weighted by Crippen LogP contribution is -2.38. The first-order valence-electron chi connectivity index (χ1n) is 5.39. The molecular weight excluding hydrogens is 192 g/mol. The van der Waals surface area contributed by atoms with Gasteiger partial charge in [-0.3, -0.25) is 0 Å². The minimum absolute atomic E-state index is 0.171. The number of aryl methyl sites for hydroxylation is 1. The van der Waals surface area contributed by atoms with Crippen molar-refractivity contribution in [3.8, 4) is 5.75 Å². The van der Waals surface area contributed by atoms with Crippen LogP contribution in [-0.4, -0.2) is 24.4 Å². The molecule has 1 aliphatic heterocycles. The van der Waals surface area contributed by atoms with Crippen molar-refractivity contribution in [1.82, 2.24) is 0 Å². The molecule has 1 fully saturated rings. The first-order valence-corrected chi connectivity index (χ1v) is 5.39. The Hall–Kier alpha value is -1.06. The summed E-state index contributed by atoms with van der Waals surface area (Å²) >= 11 is 0. The Bertz CT molecular complexity index is 371. The summed E-state index contributed by atoms with van der Waals surface area (Å²) in [6, 6.07) is 5.99. The van der Waals surface area contributed by atoms with Crippen LogP contribution in [0.1, 0.15) is 23.7 Å². The van der Waals surface area contributed by atoms with Gasteiger partial charge in [-0.1, -0.05) is 12.1 Å². The summed E-state index contributed by atoms with van der Waals surface area (Å²) in [4.78, 5) is 0. The van der Waals surface area contributed by atoms with E-state index < -0.39 is 0 Å². The van der Waals surface area contributed by atoms with Crippen LogP contribution in [0.15, 0.2) is 18.2 Å². The molecule has 3 rings (SSSR count). The van der Waals surface area contributed by atoms with E-state index in [0.717, 1.165) is 24.2 Å². The van der Waals surface area contributed by atoms with Crippen LogP contribution in [0.4, 0.5) is 0 Å². The molecule has 80 valence electrons. The van der Waals surface area contributed by atoms with E-state index >= 15 is 0 Å². The van der Waals surface area contributed by atoms with Gasteiger partial charge in [0.25, 0.3) is 0 Å². The maximum atomic E-state index is 9.85. The lowest BCUT2D eigenvalue weighted by atomic mass is 10.1. The average molecular weight is 206 g/mol. The van der Waals surface area contributed by atoms with Gasteiger partial charge in [0.2, 0.25) is 0 Å². The number of hydrogen-bond donors (Lipinski definition) is 1. The highest BCUT2D eigenvalue weighted by Crippen LogP contribution is 2.38. The molecule has 1 aromatic rings. The second kappa shape index (κ2) is 3.51. The van der Waals surface area contributed by atoms with Crippen LogP contribution in [0, 0.1) is 0 Å². The predicted octanol–water partition coefficient (Wildman–Crippen LogP) is 1.44. The topological polar surface area (TPSA) is 38.7 Å². The van der Waals surface area contributed by atoms with Crippen molar-refractivity contribution in [2.45, 2.75) is 25.0 Å². The van der Waals surface area contributed by atoms with Gasteiger partial charge in [-0.05, 0) is 24.5 Å². The fourth-order valence-corrected chi connectivity index (χ4v) is 2.19. The molecule has 0 saturated carbocycles. The number of aliphatic hydroxyl groups excluding tert-OH is 1. The van der Waals surface area contributed by atoms with Crippen LogP contribution >= 0.6 is 0 Å². The van der Waals surface area contributed by atoms with E-state index in [1.165, 1.54) is 5.56 Å². The van der Waals surface area contributed by atoms with E-state index in [-0.39, 0.29) is 12.2 Å². The lowest BCUT2D eigenvalue weighted by molar-refractivity contribution is -0.0804. The normalized spacial score (nSPS) is 24.7. The zero-order chi connectivity index (χ0) is 10.3. The van der Waals surface area contributed by atoms with E-state index in [2.05, 4.69) is 6.07 Å². The van der Waals surface area contributed by atoms with Gasteiger partial charge in [0, 0.05) is 5.56 Å². The molecule has 1 atom stereocenters. The van der Waals surface area contributed by atoms with E-state index in [0.29, 0.717) is 13.2 Å². The standard InChI is InChI=1S/C12H14O3/c13-10-5-4-8-2-1-3-11(12(8)10)15-9-6-14-7-9/h1-3,9-10,13H,4-7H2. The van der Waals surface area contributed by atoms with Crippen LogP contribution in [0.25, 0.3) is 0 Å². The molecule has 0 spiro atoms. The zero-order valence-electron chi connectivity index (χ0n) is 8.48. The summed E-state index contributed by atoms with van der Waals surface area (Å²) in [5.74, 6) is 0.839. The van der Waals surface area contributed by atoms with Gasteiger partial charge >= 0.3 is 0 Å². The molecule has 2 aliphatic rings. The molecule has 0 bridgehead atoms. The Morgan fingerprint density at radius 2 is 2.20 bits per heavy atom. The molecule has 15 heavy (non-hydrogen) atoms. The molecule has 0 amide bonds. The molecule has 1 aromatic carbocycles. The molecule has 1 heterocycles. The third-order valence-electron chi connectivity index (χ3n) is 3.08. The maximum Gasteiger partial charge on any atom is 0.145 e. The molecule has 0 radical (unpaired) electrons. The Balaban J connectivity index is 1.90. The summed E-state index contributed by atoms with van der Waals surface area (Å²) in [7, 11) is 0. The molecule has 0 aromatic heterocycles. The van der Waals surface area contributed by atoms with Crippen molar-refractivity contribution in [3.05, 3.63) is 29.3 Å². The molecule has 3 heteroatoms. The quantitative estimate of drug-likeness (QED) is 0.795. The average Bonchev–Trinajstić information content (AvgIpc) is 2.55. The minimum Gasteiger partial charge on any atom is -0.485 e. The second-order valence-electron chi connectivity index (χ2n) is 4.16. The van der Waals surface area contributed by atoms with Gasteiger partial charge in [0.1, 0.15) is 11.9 Å². The van der Waals surface area contributed by atoms with Gasteiger partial charge in [-0.15, -0.1) is 0 Å². The number of fused-ring (bicyclic) bond motifs is 1. The number of rotatable bonds is 2. The number of benzene rings is 1. The van der Waals surface area contributed by atoms with Gasteiger partial charge in [0.15, 0.2) is 0 Å². The highest BCUT2D eigenvalue weighted by Gasteiger charge is 2.27. The number of ether oxygens (including phenoxy) is 2. The van der Waals surface area contributed by atoms with E-state index in [1.54, 1.807) is 0 Å². The molecule has 1 saturated heterocycles. The van der Waals surface area contributed by atoms with Crippen LogP contribution in [0.2, 0.25) is 0 Å². The molecule has 1 N–H and O–H groups in total. The largest absolute Gasteiger partial charge is 0.485 e. The van der Waals surface area contributed by atoms with Gasteiger partial charge in [-0.25, -0.2) is 0 Å². The van der Waals surface area contributed by atoms with Gasteiger partial charge < -0.3 is 14.6 Å². The van der Waals surface area contributed by atoms with Crippen LogP contribution < -0.4 is 4.74 Å². The third-order valence-corrected chi connectivity index (χ3v) is 3.08. The van der Waals surface area contributed by atoms with Crippen LogP contribution in [0.5, 0.6) is 5.75 Å². The van der Waals surface area contributed by atoms with Gasteiger partial charge in [0.05, 0.1) is 19.3 Å². The Kier molecular flexibility index (Phi) is 2.15. The molecule has 1 unspecified atom stereocenters. The van der Waals surface area contributed by atoms with Crippen LogP contribution in [0.3, 0.4) is 0 Å². The summed E-state index contributed by atoms with van der Waals surface area (Å²) in [6.07, 6.45) is 1.59. The highest BCUT2D eigenvalue weighted by molar-refractivity contribution is 5.44. The minimum atomic E-state index is -0.350. The summed E-state index contributed by atoms with van der Waals surface area (Å²) < 4.78 is 10.8. The van der Waals surface area contributed by atoms with E-state index in [9.17, 15) is 5.11 Å². The second-order valence-corrected chi connectivity index (χ2v) is 4.16. The van der Waals surface area contributed by atoms with E-state index in [1.807, 2.05) is 12.1 Å². The summed E-state index contributed by atoms with van der Waals surface area (Å²) in [6.45, 7) is 1.33.